The largest absolute Gasteiger partial charge is 0.408 e. The number of rotatable bonds is 6. The van der Waals surface area contributed by atoms with E-state index in [1.54, 1.807) is 12.4 Å². The third-order valence-electron chi connectivity index (χ3n) is 5.60. The van der Waals surface area contributed by atoms with Crippen LogP contribution in [0.5, 0.6) is 5.75 Å². The number of benzene rings is 1. The summed E-state index contributed by atoms with van der Waals surface area (Å²) in [7, 11) is 0. The molecule has 1 aliphatic rings. The molecule has 0 fully saturated rings. The standard InChI is InChI=1S/C25H23N5O/c1-2-8-25-23(7-1)24(18-29-31-25)22-9-13-28-15-19(22)10-14-30(20-5-3-11-26-16-20)21-6-4-12-27-17-21/h1-9,11-13,15-17,24,29H,10,14,18H2. The number of anilines is 2. The van der Waals surface area contributed by atoms with E-state index in [-0.39, 0.29) is 5.92 Å². The Morgan fingerprint density at radius 3 is 2.29 bits per heavy atom. The van der Waals surface area contributed by atoms with Gasteiger partial charge in [0.15, 0.2) is 5.75 Å². The van der Waals surface area contributed by atoms with Gasteiger partial charge >= 0.3 is 0 Å². The van der Waals surface area contributed by atoms with E-state index in [9.17, 15) is 0 Å². The second kappa shape index (κ2) is 8.93. The molecule has 0 saturated heterocycles. The van der Waals surface area contributed by atoms with Crippen LogP contribution in [-0.2, 0) is 6.42 Å². The average Bonchev–Trinajstić information content (AvgIpc) is 2.85. The first-order valence-electron chi connectivity index (χ1n) is 10.4. The Bertz CT molecular complexity index is 1100. The molecule has 154 valence electrons. The summed E-state index contributed by atoms with van der Waals surface area (Å²) in [6.45, 7) is 1.51. The first-order valence-corrected chi connectivity index (χ1v) is 10.4. The van der Waals surface area contributed by atoms with Gasteiger partial charge in [-0.2, -0.15) is 5.48 Å². The number of para-hydroxylation sites is 1. The maximum absolute atomic E-state index is 5.64. The third kappa shape index (κ3) is 4.11. The Morgan fingerprint density at radius 2 is 1.55 bits per heavy atom. The molecule has 0 saturated carbocycles. The fourth-order valence-corrected chi connectivity index (χ4v) is 4.10. The molecule has 5 rings (SSSR count). The number of fused-ring (bicyclic) bond motifs is 1. The van der Waals surface area contributed by atoms with Crippen LogP contribution in [0.4, 0.5) is 11.4 Å². The van der Waals surface area contributed by atoms with Gasteiger partial charge in [0, 0.05) is 49.4 Å². The van der Waals surface area contributed by atoms with Gasteiger partial charge in [0.05, 0.1) is 23.8 Å². The van der Waals surface area contributed by atoms with Crippen LogP contribution in [0, 0.1) is 0 Å². The molecule has 6 heteroatoms. The van der Waals surface area contributed by atoms with E-state index in [4.69, 9.17) is 4.84 Å². The Balaban J connectivity index is 1.45. The van der Waals surface area contributed by atoms with Crippen LogP contribution in [0.2, 0.25) is 0 Å². The van der Waals surface area contributed by atoms with Gasteiger partial charge in [0.2, 0.25) is 0 Å². The first kappa shape index (κ1) is 19.2. The molecule has 0 amide bonds. The number of aromatic nitrogens is 3. The summed E-state index contributed by atoms with van der Waals surface area (Å²) in [5.74, 6) is 1.10. The molecule has 0 aliphatic carbocycles. The SMILES string of the molecule is c1cncc(N(CCc2cnccc2C2CNOc3ccccc32)c2cccnc2)c1. The summed E-state index contributed by atoms with van der Waals surface area (Å²) in [6.07, 6.45) is 12.0. The number of hydrogen-bond acceptors (Lipinski definition) is 6. The minimum Gasteiger partial charge on any atom is -0.408 e. The van der Waals surface area contributed by atoms with Crippen LogP contribution in [-0.4, -0.2) is 28.0 Å². The Labute approximate surface area is 181 Å². The van der Waals surface area contributed by atoms with Gasteiger partial charge in [0.1, 0.15) is 0 Å². The fraction of sp³-hybridized carbons (Fsp3) is 0.160. The molecule has 0 spiro atoms. The summed E-state index contributed by atoms with van der Waals surface area (Å²) >= 11 is 0. The van der Waals surface area contributed by atoms with Crippen LogP contribution in [0.25, 0.3) is 0 Å². The average molecular weight is 409 g/mol. The van der Waals surface area contributed by atoms with Crippen molar-refractivity contribution in [3.05, 3.63) is 108 Å². The van der Waals surface area contributed by atoms with Gasteiger partial charge in [-0.25, -0.2) is 0 Å². The van der Waals surface area contributed by atoms with Crippen molar-refractivity contribution in [3.63, 3.8) is 0 Å². The lowest BCUT2D eigenvalue weighted by Gasteiger charge is -2.29. The van der Waals surface area contributed by atoms with Crippen molar-refractivity contribution in [2.75, 3.05) is 18.0 Å². The molecule has 31 heavy (non-hydrogen) atoms. The van der Waals surface area contributed by atoms with Gasteiger partial charge < -0.3 is 9.74 Å². The maximum atomic E-state index is 5.64. The summed E-state index contributed by atoms with van der Waals surface area (Å²) in [4.78, 5) is 20.9. The minimum atomic E-state index is 0.216. The van der Waals surface area contributed by atoms with Crippen molar-refractivity contribution < 1.29 is 4.84 Å². The zero-order chi connectivity index (χ0) is 20.9. The molecule has 4 heterocycles. The zero-order valence-electron chi connectivity index (χ0n) is 17.1. The van der Waals surface area contributed by atoms with Crippen LogP contribution in [0.3, 0.4) is 0 Å². The van der Waals surface area contributed by atoms with E-state index in [1.807, 2.05) is 49.1 Å². The van der Waals surface area contributed by atoms with E-state index < -0.39 is 0 Å². The van der Waals surface area contributed by atoms with Crippen LogP contribution in [0.15, 0.2) is 91.8 Å². The highest BCUT2D eigenvalue weighted by atomic mass is 16.6. The lowest BCUT2D eigenvalue weighted by atomic mass is 9.87. The molecular formula is C25H23N5O. The third-order valence-corrected chi connectivity index (χ3v) is 5.60. The highest BCUT2D eigenvalue weighted by Gasteiger charge is 2.25. The van der Waals surface area contributed by atoms with Gasteiger partial charge in [0.25, 0.3) is 0 Å². The number of nitrogens with one attached hydrogen (secondary N) is 1. The molecule has 3 aromatic heterocycles. The first-order chi connectivity index (χ1) is 15.4. The quantitative estimate of drug-likeness (QED) is 0.513. The monoisotopic (exact) mass is 409 g/mol. The fourth-order valence-electron chi connectivity index (χ4n) is 4.10. The molecule has 1 aromatic carbocycles. The Hall–Kier alpha value is -3.77. The van der Waals surface area contributed by atoms with Gasteiger partial charge in [-0.1, -0.05) is 18.2 Å². The van der Waals surface area contributed by atoms with Crippen LogP contribution >= 0.6 is 0 Å². The molecule has 1 atom stereocenters. The topological polar surface area (TPSA) is 63.2 Å². The molecular weight excluding hydrogens is 386 g/mol. The van der Waals surface area contributed by atoms with Gasteiger partial charge in [-0.15, -0.1) is 0 Å². The Kier molecular flexibility index (Phi) is 5.54. The lowest BCUT2D eigenvalue weighted by molar-refractivity contribution is 0.172. The van der Waals surface area contributed by atoms with Crippen molar-refractivity contribution in [1.82, 2.24) is 20.4 Å². The predicted molar refractivity (Wildman–Crippen MR) is 120 cm³/mol. The molecule has 4 aromatic rings. The molecule has 0 bridgehead atoms. The molecule has 1 aliphatic heterocycles. The minimum absolute atomic E-state index is 0.216. The normalized spacial score (nSPS) is 15.0. The second-order valence-corrected chi connectivity index (χ2v) is 7.44. The smallest absolute Gasteiger partial charge is 0.151 e. The molecule has 1 N–H and O–H groups in total. The summed E-state index contributed by atoms with van der Waals surface area (Å²) in [6, 6.07) is 18.4. The zero-order valence-corrected chi connectivity index (χ0v) is 17.1. The highest BCUT2D eigenvalue weighted by molar-refractivity contribution is 5.61. The van der Waals surface area contributed by atoms with E-state index in [1.165, 1.54) is 16.7 Å². The predicted octanol–water partition coefficient (Wildman–Crippen LogP) is 4.28. The summed E-state index contributed by atoms with van der Waals surface area (Å²) < 4.78 is 0. The highest BCUT2D eigenvalue weighted by Crippen LogP contribution is 2.35. The maximum Gasteiger partial charge on any atom is 0.151 e. The van der Waals surface area contributed by atoms with Crippen molar-refractivity contribution in [1.29, 1.82) is 0 Å². The number of pyridine rings is 3. The van der Waals surface area contributed by atoms with E-state index in [0.717, 1.165) is 36.6 Å². The molecule has 0 radical (unpaired) electrons. The van der Waals surface area contributed by atoms with Crippen molar-refractivity contribution >= 4 is 11.4 Å². The number of hydrogen-bond donors (Lipinski definition) is 1. The lowest BCUT2D eigenvalue weighted by Crippen LogP contribution is -2.31. The van der Waals surface area contributed by atoms with Gasteiger partial charge in [-0.05, 0) is 53.9 Å². The van der Waals surface area contributed by atoms with Crippen LogP contribution in [0.1, 0.15) is 22.6 Å². The van der Waals surface area contributed by atoms with Crippen LogP contribution < -0.4 is 15.2 Å². The molecule has 1 unspecified atom stereocenters. The van der Waals surface area contributed by atoms with Crippen molar-refractivity contribution in [2.24, 2.45) is 0 Å². The Morgan fingerprint density at radius 1 is 0.806 bits per heavy atom. The van der Waals surface area contributed by atoms with Gasteiger partial charge in [-0.3, -0.25) is 15.0 Å². The van der Waals surface area contributed by atoms with Crippen molar-refractivity contribution in [3.8, 4) is 5.75 Å². The van der Waals surface area contributed by atoms with E-state index >= 15 is 0 Å². The van der Waals surface area contributed by atoms with E-state index in [2.05, 4.69) is 55.7 Å². The number of hydroxylamine groups is 1. The summed E-state index contributed by atoms with van der Waals surface area (Å²) in [5, 5.41) is 0. The molecule has 6 nitrogen and oxygen atoms in total. The second-order valence-electron chi connectivity index (χ2n) is 7.44. The van der Waals surface area contributed by atoms with E-state index in [0.29, 0.717) is 0 Å². The number of nitrogens with zero attached hydrogens (tertiary/aromatic N) is 4. The van der Waals surface area contributed by atoms with Crippen molar-refractivity contribution in [2.45, 2.75) is 12.3 Å². The summed E-state index contributed by atoms with van der Waals surface area (Å²) in [5.41, 5.74) is 8.87.